The average molecular weight is 372 g/mol. The zero-order chi connectivity index (χ0) is 19.6. The molecule has 0 aliphatic carbocycles. The summed E-state index contributed by atoms with van der Waals surface area (Å²) >= 11 is 0. The molecule has 158 valence electrons. The predicted molar refractivity (Wildman–Crippen MR) is 115 cm³/mol. The fourth-order valence-corrected chi connectivity index (χ4v) is 3.37. The minimum Gasteiger partial charge on any atom is -0.396 e. The SMILES string of the molecule is CCCCCCCCCCCCCCCCCCCCCCO.NC=O. The maximum absolute atomic E-state index is 8.71. The van der Waals surface area contributed by atoms with E-state index in [1.807, 2.05) is 0 Å². The van der Waals surface area contributed by atoms with Gasteiger partial charge in [-0.1, -0.05) is 129 Å². The Morgan fingerprint density at radius 2 is 0.731 bits per heavy atom. The van der Waals surface area contributed by atoms with Crippen LogP contribution in [0.5, 0.6) is 0 Å². The molecule has 0 rings (SSSR count). The number of amides is 1. The maximum Gasteiger partial charge on any atom is 0.204 e. The summed E-state index contributed by atoms with van der Waals surface area (Å²) in [6, 6.07) is 0. The van der Waals surface area contributed by atoms with Crippen LogP contribution in [0.3, 0.4) is 0 Å². The van der Waals surface area contributed by atoms with Gasteiger partial charge >= 0.3 is 0 Å². The van der Waals surface area contributed by atoms with Gasteiger partial charge < -0.3 is 10.8 Å². The number of rotatable bonds is 20. The number of carbonyl (C=O) groups excluding carboxylic acids is 1. The lowest BCUT2D eigenvalue weighted by molar-refractivity contribution is -0.106. The first-order chi connectivity index (χ1) is 12.8. The molecule has 3 N–H and O–H groups in total. The lowest BCUT2D eigenvalue weighted by atomic mass is 10.0. The Morgan fingerprint density at radius 3 is 0.923 bits per heavy atom. The zero-order valence-corrected chi connectivity index (χ0v) is 17.9. The van der Waals surface area contributed by atoms with Crippen molar-refractivity contribution < 1.29 is 9.90 Å². The Morgan fingerprint density at radius 1 is 0.538 bits per heavy atom. The topological polar surface area (TPSA) is 63.3 Å². The number of nitrogens with two attached hydrogens (primary N) is 1. The van der Waals surface area contributed by atoms with E-state index in [1.165, 1.54) is 122 Å². The fourth-order valence-electron chi connectivity index (χ4n) is 3.37. The molecule has 0 heterocycles. The van der Waals surface area contributed by atoms with E-state index in [1.54, 1.807) is 0 Å². The number of primary amides is 1. The van der Waals surface area contributed by atoms with Gasteiger partial charge in [0.25, 0.3) is 0 Å². The summed E-state index contributed by atoms with van der Waals surface area (Å²) in [5.41, 5.74) is 4.17. The van der Waals surface area contributed by atoms with Crippen LogP contribution in [0, 0.1) is 0 Å². The van der Waals surface area contributed by atoms with Gasteiger partial charge in [0.2, 0.25) is 6.41 Å². The second-order valence-corrected chi connectivity index (χ2v) is 7.58. The van der Waals surface area contributed by atoms with Gasteiger partial charge in [0.05, 0.1) is 0 Å². The van der Waals surface area contributed by atoms with Gasteiger partial charge in [-0.3, -0.25) is 4.79 Å². The first kappa shape index (κ1) is 27.6. The molecule has 0 aromatic heterocycles. The molecule has 0 aliphatic heterocycles. The molecule has 0 unspecified atom stereocenters. The van der Waals surface area contributed by atoms with Crippen molar-refractivity contribution in [3.8, 4) is 0 Å². The van der Waals surface area contributed by atoms with Gasteiger partial charge in [0, 0.05) is 6.61 Å². The molecule has 0 fully saturated rings. The van der Waals surface area contributed by atoms with Crippen LogP contribution in [-0.2, 0) is 4.79 Å². The van der Waals surface area contributed by atoms with Crippen molar-refractivity contribution in [1.82, 2.24) is 0 Å². The molecule has 3 heteroatoms. The van der Waals surface area contributed by atoms with Crippen molar-refractivity contribution in [3.63, 3.8) is 0 Å². The van der Waals surface area contributed by atoms with Crippen LogP contribution in [-0.4, -0.2) is 18.1 Å². The molecule has 1 amide bonds. The molecule has 0 aromatic rings. The van der Waals surface area contributed by atoms with Crippen LogP contribution in [0.25, 0.3) is 0 Å². The van der Waals surface area contributed by atoms with E-state index in [0.29, 0.717) is 6.61 Å². The summed E-state index contributed by atoms with van der Waals surface area (Å²) in [5.74, 6) is 0. The predicted octanol–water partition coefficient (Wildman–Crippen LogP) is 6.90. The molecule has 0 atom stereocenters. The van der Waals surface area contributed by atoms with E-state index in [4.69, 9.17) is 9.90 Å². The minimum absolute atomic E-state index is 0.250. The lowest BCUT2D eigenvalue weighted by Gasteiger charge is -2.03. The monoisotopic (exact) mass is 371 g/mol. The van der Waals surface area contributed by atoms with Gasteiger partial charge in [-0.25, -0.2) is 0 Å². The summed E-state index contributed by atoms with van der Waals surface area (Å²) in [5, 5.41) is 8.71. The third-order valence-corrected chi connectivity index (χ3v) is 5.01. The largest absolute Gasteiger partial charge is 0.396 e. The lowest BCUT2D eigenvalue weighted by Crippen LogP contribution is -1.85. The number of hydrogen-bond donors (Lipinski definition) is 2. The highest BCUT2D eigenvalue weighted by molar-refractivity contribution is 5.42. The molecule has 0 aromatic carbocycles. The van der Waals surface area contributed by atoms with Crippen molar-refractivity contribution in [2.24, 2.45) is 5.73 Å². The normalized spacial score (nSPS) is 10.4. The number of hydrogen-bond acceptors (Lipinski definition) is 2. The molecular formula is C23H49NO2. The molecule has 0 aliphatic rings. The number of aliphatic hydroxyl groups excluding tert-OH is 1. The van der Waals surface area contributed by atoms with Crippen LogP contribution >= 0.6 is 0 Å². The Bertz CT molecular complexity index is 214. The highest BCUT2D eigenvalue weighted by Crippen LogP contribution is 2.14. The Kier molecular flexibility index (Phi) is 31.1. The summed E-state index contributed by atoms with van der Waals surface area (Å²) in [7, 11) is 0. The average Bonchev–Trinajstić information content (AvgIpc) is 2.64. The van der Waals surface area contributed by atoms with Crippen molar-refractivity contribution in [3.05, 3.63) is 0 Å². The fraction of sp³-hybridized carbons (Fsp3) is 0.957. The second kappa shape index (κ2) is 29.2. The van der Waals surface area contributed by atoms with Crippen LogP contribution in [0.15, 0.2) is 0 Å². The quantitative estimate of drug-likeness (QED) is 0.180. The van der Waals surface area contributed by atoms with E-state index in [-0.39, 0.29) is 6.41 Å². The maximum atomic E-state index is 8.71. The van der Waals surface area contributed by atoms with E-state index in [2.05, 4.69) is 12.7 Å². The summed E-state index contributed by atoms with van der Waals surface area (Å²) in [6.07, 6.45) is 28.4. The standard InChI is InChI=1S/C22H46O.CH3NO/c1-2-3-4-5-6-7-8-9-10-11-12-13-14-15-16-17-18-19-20-21-22-23;2-1-3/h23H,2-22H2,1H3;1H,(H2,2,3). The molecule has 0 saturated carbocycles. The molecule has 0 radical (unpaired) electrons. The van der Waals surface area contributed by atoms with Crippen molar-refractivity contribution >= 4 is 6.41 Å². The van der Waals surface area contributed by atoms with Gasteiger partial charge in [-0.05, 0) is 6.42 Å². The highest BCUT2D eigenvalue weighted by Gasteiger charge is 1.95. The van der Waals surface area contributed by atoms with Crippen LogP contribution in [0.4, 0.5) is 0 Å². The van der Waals surface area contributed by atoms with Crippen LogP contribution < -0.4 is 5.73 Å². The molecule has 26 heavy (non-hydrogen) atoms. The number of aliphatic hydroxyl groups is 1. The van der Waals surface area contributed by atoms with Crippen LogP contribution in [0.1, 0.15) is 135 Å². The van der Waals surface area contributed by atoms with Gasteiger partial charge in [0.1, 0.15) is 0 Å². The molecule has 0 bridgehead atoms. The van der Waals surface area contributed by atoms with Crippen molar-refractivity contribution in [1.29, 1.82) is 0 Å². The molecule has 3 nitrogen and oxygen atoms in total. The molecular weight excluding hydrogens is 322 g/mol. The first-order valence-corrected chi connectivity index (χ1v) is 11.6. The Hall–Kier alpha value is -0.570. The third kappa shape index (κ3) is 31.2. The third-order valence-electron chi connectivity index (χ3n) is 5.01. The Labute approximate surface area is 164 Å². The summed E-state index contributed by atoms with van der Waals surface area (Å²) in [6.45, 7) is 2.67. The van der Waals surface area contributed by atoms with E-state index in [0.717, 1.165) is 6.42 Å². The smallest absolute Gasteiger partial charge is 0.204 e. The van der Waals surface area contributed by atoms with Gasteiger partial charge in [-0.2, -0.15) is 0 Å². The van der Waals surface area contributed by atoms with E-state index >= 15 is 0 Å². The number of carbonyl (C=O) groups is 1. The van der Waals surface area contributed by atoms with Crippen molar-refractivity contribution in [2.45, 2.75) is 135 Å². The van der Waals surface area contributed by atoms with E-state index < -0.39 is 0 Å². The van der Waals surface area contributed by atoms with Crippen molar-refractivity contribution in [2.75, 3.05) is 6.61 Å². The molecule has 0 spiro atoms. The first-order valence-electron chi connectivity index (χ1n) is 11.6. The Balaban J connectivity index is 0. The van der Waals surface area contributed by atoms with E-state index in [9.17, 15) is 0 Å². The van der Waals surface area contributed by atoms with Gasteiger partial charge in [-0.15, -0.1) is 0 Å². The minimum atomic E-state index is 0.250. The molecule has 0 saturated heterocycles. The van der Waals surface area contributed by atoms with Gasteiger partial charge in [0.15, 0.2) is 0 Å². The zero-order valence-electron chi connectivity index (χ0n) is 17.9. The summed E-state index contributed by atoms with van der Waals surface area (Å²) in [4.78, 5) is 8.58. The second-order valence-electron chi connectivity index (χ2n) is 7.58. The highest BCUT2D eigenvalue weighted by atomic mass is 16.2. The van der Waals surface area contributed by atoms with Crippen LogP contribution in [0.2, 0.25) is 0 Å². The summed E-state index contributed by atoms with van der Waals surface area (Å²) < 4.78 is 0. The number of unbranched alkanes of at least 4 members (excludes halogenated alkanes) is 19.